The van der Waals surface area contributed by atoms with Gasteiger partial charge in [0.1, 0.15) is 0 Å². The number of nitrogens with one attached hydrogen (secondary N) is 1. The molecular weight excluding hydrogens is 406 g/mol. The van der Waals surface area contributed by atoms with Crippen LogP contribution >= 0.6 is 0 Å². The Morgan fingerprint density at radius 1 is 1.03 bits per heavy atom. The molecule has 4 rings (SSSR count). The molecule has 1 N–H and O–H groups in total. The summed E-state index contributed by atoms with van der Waals surface area (Å²) in [5, 5.41) is 2.96. The van der Waals surface area contributed by atoms with E-state index in [9.17, 15) is 9.59 Å². The van der Waals surface area contributed by atoms with Gasteiger partial charge in [-0.25, -0.2) is 4.79 Å². The molecule has 2 heterocycles. The van der Waals surface area contributed by atoms with Gasteiger partial charge in [0, 0.05) is 36.2 Å². The topological polar surface area (TPSA) is 72.8 Å². The van der Waals surface area contributed by atoms with Crippen molar-refractivity contribution < 1.29 is 19.1 Å². The van der Waals surface area contributed by atoms with Gasteiger partial charge in [0.25, 0.3) is 5.91 Å². The van der Waals surface area contributed by atoms with E-state index in [1.807, 2.05) is 19.1 Å². The number of rotatable bonds is 5. The van der Waals surface area contributed by atoms with Gasteiger partial charge in [-0.2, -0.15) is 0 Å². The first kappa shape index (κ1) is 22.4. The van der Waals surface area contributed by atoms with E-state index in [0.717, 1.165) is 43.0 Å². The molecule has 1 amide bonds. The van der Waals surface area contributed by atoms with Crippen molar-refractivity contribution in [3.05, 3.63) is 46.8 Å². The van der Waals surface area contributed by atoms with Crippen LogP contribution in [0.3, 0.4) is 0 Å². The summed E-state index contributed by atoms with van der Waals surface area (Å²) < 4.78 is 12.7. The Bertz CT molecular complexity index is 985. The van der Waals surface area contributed by atoms with Crippen LogP contribution in [0.15, 0.2) is 24.3 Å². The maximum atomic E-state index is 13.2. The van der Waals surface area contributed by atoms with E-state index in [4.69, 9.17) is 9.47 Å². The number of nitrogens with zero attached hydrogens (tertiary/aromatic N) is 2. The number of esters is 1. The molecule has 7 nitrogen and oxygen atoms in total. The van der Waals surface area contributed by atoms with E-state index in [-0.39, 0.29) is 5.91 Å². The van der Waals surface area contributed by atoms with Crippen LogP contribution in [0.5, 0.6) is 0 Å². The van der Waals surface area contributed by atoms with Crippen molar-refractivity contribution in [1.29, 1.82) is 0 Å². The largest absolute Gasteiger partial charge is 0.465 e. The fraction of sp³-hybridized carbons (Fsp3) is 0.520. The SMILES string of the molecule is COC(=O)c1cc(N2CCOCC2)ccc1NC(=O)c1cc(C)n(C2CCCCC2)c1C. The van der Waals surface area contributed by atoms with Crippen LogP contribution in [-0.4, -0.2) is 49.9 Å². The highest BCUT2D eigenvalue weighted by Gasteiger charge is 2.24. The number of aryl methyl sites for hydroxylation is 1. The number of amides is 1. The minimum atomic E-state index is -0.469. The van der Waals surface area contributed by atoms with Crippen molar-refractivity contribution in [3.63, 3.8) is 0 Å². The number of morpholine rings is 1. The summed E-state index contributed by atoms with van der Waals surface area (Å²) in [7, 11) is 1.35. The first-order valence-electron chi connectivity index (χ1n) is 11.5. The number of aromatic nitrogens is 1. The van der Waals surface area contributed by atoms with Gasteiger partial charge in [0.2, 0.25) is 0 Å². The van der Waals surface area contributed by atoms with Crippen molar-refractivity contribution in [3.8, 4) is 0 Å². The van der Waals surface area contributed by atoms with Gasteiger partial charge in [-0.05, 0) is 51.0 Å². The standard InChI is InChI=1S/C25H33N3O4/c1-17-15-21(18(2)28(17)19-7-5-4-6-8-19)24(29)26-23-10-9-20(16-22(23)25(30)31-3)27-11-13-32-14-12-27/h9-10,15-16,19H,4-8,11-14H2,1-3H3,(H,26,29). The third-order valence-corrected chi connectivity index (χ3v) is 6.70. The van der Waals surface area contributed by atoms with Crippen LogP contribution in [0, 0.1) is 13.8 Å². The monoisotopic (exact) mass is 439 g/mol. The van der Waals surface area contributed by atoms with Crippen molar-refractivity contribution in [2.75, 3.05) is 43.6 Å². The van der Waals surface area contributed by atoms with Gasteiger partial charge in [-0.3, -0.25) is 4.79 Å². The number of hydrogen-bond donors (Lipinski definition) is 1. The molecule has 0 atom stereocenters. The molecule has 32 heavy (non-hydrogen) atoms. The quantitative estimate of drug-likeness (QED) is 0.695. The minimum Gasteiger partial charge on any atom is -0.465 e. The molecule has 0 spiro atoms. The smallest absolute Gasteiger partial charge is 0.340 e. The van der Waals surface area contributed by atoms with E-state index in [1.165, 1.54) is 26.4 Å². The summed E-state index contributed by atoms with van der Waals surface area (Å²) in [5.74, 6) is -0.674. The number of methoxy groups -OCH3 is 1. The molecule has 1 aliphatic carbocycles. The lowest BCUT2D eigenvalue weighted by molar-refractivity contribution is 0.0602. The fourth-order valence-electron chi connectivity index (χ4n) is 5.04. The third-order valence-electron chi connectivity index (χ3n) is 6.70. The van der Waals surface area contributed by atoms with E-state index in [0.29, 0.717) is 36.1 Å². The third kappa shape index (κ3) is 4.53. The van der Waals surface area contributed by atoms with Crippen molar-refractivity contribution in [2.24, 2.45) is 0 Å². The van der Waals surface area contributed by atoms with Crippen LogP contribution in [0.25, 0.3) is 0 Å². The summed E-state index contributed by atoms with van der Waals surface area (Å²) in [6, 6.07) is 7.93. The molecule has 1 aliphatic heterocycles. The van der Waals surface area contributed by atoms with Gasteiger partial charge in [-0.15, -0.1) is 0 Å². The van der Waals surface area contributed by atoms with Crippen LogP contribution in [-0.2, 0) is 9.47 Å². The van der Waals surface area contributed by atoms with Crippen molar-refractivity contribution in [1.82, 2.24) is 4.57 Å². The molecule has 1 aromatic heterocycles. The molecule has 0 radical (unpaired) electrons. The number of hydrogen-bond acceptors (Lipinski definition) is 5. The van der Waals surface area contributed by atoms with Gasteiger partial charge in [0.15, 0.2) is 0 Å². The zero-order valence-corrected chi connectivity index (χ0v) is 19.3. The van der Waals surface area contributed by atoms with Gasteiger partial charge in [0.05, 0.1) is 37.1 Å². The Morgan fingerprint density at radius 2 is 1.75 bits per heavy atom. The summed E-state index contributed by atoms with van der Waals surface area (Å²) >= 11 is 0. The highest BCUT2D eigenvalue weighted by Crippen LogP contribution is 2.33. The molecule has 7 heteroatoms. The first-order valence-corrected chi connectivity index (χ1v) is 11.5. The average molecular weight is 440 g/mol. The molecule has 0 bridgehead atoms. The Labute approximate surface area is 189 Å². The Balaban J connectivity index is 1.59. The molecular formula is C25H33N3O4. The molecule has 1 saturated carbocycles. The lowest BCUT2D eigenvalue weighted by Gasteiger charge is -2.29. The van der Waals surface area contributed by atoms with Crippen LogP contribution in [0.2, 0.25) is 0 Å². The maximum Gasteiger partial charge on any atom is 0.340 e. The van der Waals surface area contributed by atoms with Gasteiger partial charge >= 0.3 is 5.97 Å². The molecule has 2 aromatic rings. The van der Waals surface area contributed by atoms with Crippen molar-refractivity contribution in [2.45, 2.75) is 52.0 Å². The summed E-state index contributed by atoms with van der Waals surface area (Å²) in [5.41, 5.74) is 4.47. The summed E-state index contributed by atoms with van der Waals surface area (Å²) in [6.45, 7) is 6.92. The normalized spacial score (nSPS) is 17.3. The van der Waals surface area contributed by atoms with Crippen LogP contribution in [0.4, 0.5) is 11.4 Å². The Kier molecular flexibility index (Phi) is 6.84. The number of carbonyl (C=O) groups is 2. The Hall–Kier alpha value is -2.80. The zero-order chi connectivity index (χ0) is 22.7. The Morgan fingerprint density at radius 3 is 2.44 bits per heavy atom. The average Bonchev–Trinajstić information content (AvgIpc) is 3.13. The second kappa shape index (κ2) is 9.77. The molecule has 1 aromatic carbocycles. The predicted octanol–water partition coefficient (Wildman–Crippen LogP) is 4.49. The molecule has 2 aliphatic rings. The van der Waals surface area contributed by atoms with Gasteiger partial charge < -0.3 is 24.3 Å². The van der Waals surface area contributed by atoms with E-state index in [2.05, 4.69) is 21.7 Å². The molecule has 0 unspecified atom stereocenters. The molecule has 1 saturated heterocycles. The second-order valence-corrected chi connectivity index (χ2v) is 8.72. The molecule has 2 fully saturated rings. The number of carbonyl (C=O) groups excluding carboxylic acids is 2. The number of anilines is 2. The highest BCUT2D eigenvalue weighted by molar-refractivity contribution is 6.09. The van der Waals surface area contributed by atoms with Crippen LogP contribution < -0.4 is 10.2 Å². The molecule has 172 valence electrons. The maximum absolute atomic E-state index is 13.2. The summed E-state index contributed by atoms with van der Waals surface area (Å²) in [6.07, 6.45) is 6.09. The minimum absolute atomic E-state index is 0.204. The zero-order valence-electron chi connectivity index (χ0n) is 19.3. The summed E-state index contributed by atoms with van der Waals surface area (Å²) in [4.78, 5) is 27.9. The van der Waals surface area contributed by atoms with E-state index < -0.39 is 5.97 Å². The lowest BCUT2D eigenvalue weighted by Crippen LogP contribution is -2.36. The number of benzene rings is 1. The van der Waals surface area contributed by atoms with E-state index >= 15 is 0 Å². The highest BCUT2D eigenvalue weighted by atomic mass is 16.5. The lowest BCUT2D eigenvalue weighted by atomic mass is 9.95. The predicted molar refractivity (Wildman–Crippen MR) is 125 cm³/mol. The van der Waals surface area contributed by atoms with E-state index in [1.54, 1.807) is 12.1 Å². The fourth-order valence-corrected chi connectivity index (χ4v) is 5.04. The first-order chi connectivity index (χ1) is 15.5. The second-order valence-electron chi connectivity index (χ2n) is 8.72. The van der Waals surface area contributed by atoms with Crippen LogP contribution in [0.1, 0.15) is 70.2 Å². The number of ether oxygens (including phenoxy) is 2. The van der Waals surface area contributed by atoms with Crippen molar-refractivity contribution >= 4 is 23.3 Å². The van der Waals surface area contributed by atoms with Gasteiger partial charge in [-0.1, -0.05) is 19.3 Å².